The van der Waals surface area contributed by atoms with E-state index in [9.17, 15) is 23.1 Å². The zero-order valence-corrected chi connectivity index (χ0v) is 37.5. The van der Waals surface area contributed by atoms with Crippen molar-refractivity contribution in [1.29, 1.82) is 0 Å². The number of aromatic nitrogens is 4. The molecule has 6 aromatic rings. The van der Waals surface area contributed by atoms with Gasteiger partial charge < -0.3 is 19.3 Å². The van der Waals surface area contributed by atoms with Gasteiger partial charge >= 0.3 is 11.9 Å². The highest BCUT2D eigenvalue weighted by Gasteiger charge is 2.17. The standard InChI is InChI=1S/C23H24N2O4S.C19H17Cl3N2S.CH4O3S/c1-2-3-6-21-24-14-19(12-18(23(28)29)13-20-5-4-11-30-20)25(21)15-16-7-9-17(10-8-16)22(26)27;20-15-7-4-14(5-8-15)6-9-16(12-24-11-10-23-13-24)25-19-17(21)2-1-3-18(19)22;1-5(2,3)4/h4-5,7-12,14H,2-3,6,13,15H2,1H3,(H,26,27)(H,28,29);1-5,7-8,10-11,13,16H,6,9,12H2;1H3,(H,2,3,4)/b18-12+;;. The molecular formula is C43H45Cl3N4O7S3. The highest BCUT2D eigenvalue weighted by Crippen LogP contribution is 2.38. The molecule has 3 aromatic heterocycles. The van der Waals surface area contributed by atoms with Gasteiger partial charge in [0.1, 0.15) is 5.82 Å². The van der Waals surface area contributed by atoms with Crippen molar-refractivity contribution in [3.8, 4) is 0 Å². The maximum Gasteiger partial charge on any atom is 0.335 e. The predicted octanol–water partition coefficient (Wildman–Crippen LogP) is 10.9. The molecule has 0 saturated carbocycles. The van der Waals surface area contributed by atoms with Gasteiger partial charge in [0, 0.05) is 63.9 Å². The van der Waals surface area contributed by atoms with Gasteiger partial charge in [-0.1, -0.05) is 84.5 Å². The number of aliphatic carboxylic acids is 1. The number of aryl methyl sites for hydroxylation is 2. The van der Waals surface area contributed by atoms with Crippen molar-refractivity contribution in [2.24, 2.45) is 0 Å². The maximum atomic E-state index is 11.8. The van der Waals surface area contributed by atoms with Crippen LogP contribution in [0.2, 0.25) is 15.1 Å². The summed E-state index contributed by atoms with van der Waals surface area (Å²) in [6, 6.07) is 24.2. The number of imidazole rings is 2. The topological polar surface area (TPSA) is 165 Å². The highest BCUT2D eigenvalue weighted by atomic mass is 35.5. The molecule has 0 aliphatic carbocycles. The zero-order valence-electron chi connectivity index (χ0n) is 32.8. The number of carboxylic acids is 2. The van der Waals surface area contributed by atoms with E-state index in [0.717, 1.165) is 70.5 Å². The quantitative estimate of drug-likeness (QED) is 0.0455. The minimum Gasteiger partial charge on any atom is -0.478 e. The van der Waals surface area contributed by atoms with Crippen LogP contribution in [0.1, 0.15) is 64.1 Å². The van der Waals surface area contributed by atoms with Gasteiger partial charge in [-0.05, 0) is 84.3 Å². The maximum absolute atomic E-state index is 11.8. The fraction of sp³-hybridized carbons (Fsp3) is 0.256. The van der Waals surface area contributed by atoms with Crippen LogP contribution in [0.3, 0.4) is 0 Å². The first-order chi connectivity index (χ1) is 28.6. The highest BCUT2D eigenvalue weighted by molar-refractivity contribution is 8.00. The first-order valence-corrected chi connectivity index (χ1v) is 23.4. The van der Waals surface area contributed by atoms with E-state index in [1.165, 1.54) is 16.9 Å². The van der Waals surface area contributed by atoms with Crippen LogP contribution in [-0.2, 0) is 47.3 Å². The van der Waals surface area contributed by atoms with Gasteiger partial charge in [-0.3, -0.25) is 4.55 Å². The Hall–Kier alpha value is -4.41. The third-order valence-corrected chi connectivity index (χ3v) is 12.0. The normalized spacial score (nSPS) is 11.9. The molecule has 0 aliphatic rings. The summed E-state index contributed by atoms with van der Waals surface area (Å²) >= 11 is 21.9. The van der Waals surface area contributed by atoms with Crippen LogP contribution in [0.25, 0.3) is 6.08 Å². The molecule has 6 rings (SSSR count). The Morgan fingerprint density at radius 2 is 1.60 bits per heavy atom. The number of halogens is 3. The third kappa shape index (κ3) is 16.9. The van der Waals surface area contributed by atoms with Crippen molar-refractivity contribution < 1.29 is 32.8 Å². The number of rotatable bonds is 17. The molecule has 1 unspecified atom stereocenters. The van der Waals surface area contributed by atoms with Gasteiger partial charge in [-0.2, -0.15) is 8.42 Å². The molecule has 0 radical (unpaired) electrons. The second kappa shape index (κ2) is 24.1. The van der Waals surface area contributed by atoms with Crippen molar-refractivity contribution in [3.05, 3.63) is 163 Å². The smallest absolute Gasteiger partial charge is 0.335 e. The first-order valence-electron chi connectivity index (χ1n) is 18.7. The minimum atomic E-state index is -3.67. The van der Waals surface area contributed by atoms with E-state index in [4.69, 9.17) is 44.5 Å². The van der Waals surface area contributed by atoms with E-state index in [1.807, 2.05) is 64.9 Å². The van der Waals surface area contributed by atoms with Crippen LogP contribution < -0.4 is 0 Å². The molecule has 11 nitrogen and oxygen atoms in total. The molecule has 0 spiro atoms. The van der Waals surface area contributed by atoms with Crippen molar-refractivity contribution in [2.75, 3.05) is 6.26 Å². The van der Waals surface area contributed by atoms with Gasteiger partial charge in [-0.15, -0.1) is 23.1 Å². The molecule has 17 heteroatoms. The molecular weight excluding hydrogens is 887 g/mol. The Balaban J connectivity index is 0.000000241. The molecule has 1 atom stereocenters. The van der Waals surface area contributed by atoms with E-state index >= 15 is 0 Å². The number of thioether (sulfide) groups is 1. The summed E-state index contributed by atoms with van der Waals surface area (Å²) < 4.78 is 30.0. The van der Waals surface area contributed by atoms with Crippen LogP contribution in [0, 0.1) is 0 Å². The van der Waals surface area contributed by atoms with E-state index in [-0.39, 0.29) is 5.56 Å². The average molecular weight is 932 g/mol. The van der Waals surface area contributed by atoms with Crippen molar-refractivity contribution in [3.63, 3.8) is 0 Å². The summed E-state index contributed by atoms with van der Waals surface area (Å²) in [6.45, 7) is 3.46. The zero-order chi connectivity index (χ0) is 43.7. The van der Waals surface area contributed by atoms with E-state index < -0.39 is 22.1 Å². The molecule has 3 aromatic carbocycles. The summed E-state index contributed by atoms with van der Waals surface area (Å²) in [5.74, 6) is -1.01. The molecule has 0 aliphatic heterocycles. The van der Waals surface area contributed by atoms with E-state index in [0.29, 0.717) is 40.1 Å². The second-order valence-electron chi connectivity index (χ2n) is 13.5. The van der Waals surface area contributed by atoms with Gasteiger partial charge in [0.05, 0.1) is 40.1 Å². The fourth-order valence-corrected chi connectivity index (χ4v) is 8.42. The SMILES string of the molecule is CCCCc1ncc(/C=C(\Cc2cccs2)C(=O)O)n1Cc1ccc(C(=O)O)cc1.CS(=O)(=O)O.Clc1ccc(CCC(Cn2ccnc2)Sc2c(Cl)cccc2Cl)cc1. The Morgan fingerprint density at radius 1 is 0.933 bits per heavy atom. The lowest BCUT2D eigenvalue weighted by molar-refractivity contribution is -0.132. The van der Waals surface area contributed by atoms with E-state index in [2.05, 4.69) is 33.6 Å². The van der Waals surface area contributed by atoms with Crippen molar-refractivity contribution in [2.45, 2.75) is 68.7 Å². The van der Waals surface area contributed by atoms with E-state index in [1.54, 1.807) is 54.5 Å². The molecule has 0 amide bonds. The summed E-state index contributed by atoms with van der Waals surface area (Å²) in [5.41, 5.74) is 3.48. The lowest BCUT2D eigenvalue weighted by Gasteiger charge is -2.19. The van der Waals surface area contributed by atoms with Crippen molar-refractivity contribution >= 4 is 86.0 Å². The molecule has 318 valence electrons. The second-order valence-corrected chi connectivity index (χ2v) is 18.5. The number of thiophene rings is 1. The summed E-state index contributed by atoms with van der Waals surface area (Å²) in [6.07, 6.45) is 14.9. The van der Waals surface area contributed by atoms with Gasteiger partial charge in [-0.25, -0.2) is 19.6 Å². The van der Waals surface area contributed by atoms with Crippen LogP contribution in [-0.4, -0.2) is 65.7 Å². The molecule has 3 heterocycles. The summed E-state index contributed by atoms with van der Waals surface area (Å²) in [5, 5.41) is 23.2. The van der Waals surface area contributed by atoms with Crippen LogP contribution in [0.4, 0.5) is 0 Å². The largest absolute Gasteiger partial charge is 0.478 e. The summed E-state index contributed by atoms with van der Waals surface area (Å²) in [7, 11) is -3.67. The fourth-order valence-electron chi connectivity index (χ4n) is 5.72. The lowest BCUT2D eigenvalue weighted by Crippen LogP contribution is -2.13. The number of carboxylic acid groups (broad SMARTS) is 2. The Bertz CT molecular complexity index is 2380. The number of carbonyl (C=O) groups is 2. The lowest BCUT2D eigenvalue weighted by atomic mass is 10.1. The predicted molar refractivity (Wildman–Crippen MR) is 243 cm³/mol. The number of hydrogen-bond donors (Lipinski definition) is 3. The number of aromatic carboxylic acids is 1. The molecule has 0 saturated heterocycles. The summed E-state index contributed by atoms with van der Waals surface area (Å²) in [4.78, 5) is 33.5. The van der Waals surface area contributed by atoms with Crippen LogP contribution >= 0.6 is 57.9 Å². The van der Waals surface area contributed by atoms with Crippen LogP contribution in [0.5, 0.6) is 0 Å². The number of nitrogens with zero attached hydrogens (tertiary/aromatic N) is 4. The number of benzene rings is 3. The molecule has 60 heavy (non-hydrogen) atoms. The minimum absolute atomic E-state index is 0.236. The Labute approximate surface area is 373 Å². The van der Waals surface area contributed by atoms with Crippen LogP contribution in [0.15, 0.2) is 120 Å². The average Bonchev–Trinajstić information content (AvgIpc) is 3.99. The molecule has 3 N–H and O–H groups in total. The number of hydrogen-bond acceptors (Lipinski definition) is 8. The number of unbranched alkanes of at least 4 members (excludes halogenated alkanes) is 1. The molecule has 0 fully saturated rings. The monoisotopic (exact) mass is 930 g/mol. The first kappa shape index (κ1) is 48.3. The Kier molecular flexibility index (Phi) is 19.4. The Morgan fingerprint density at radius 3 is 2.17 bits per heavy atom. The van der Waals surface area contributed by atoms with Crippen molar-refractivity contribution in [1.82, 2.24) is 19.1 Å². The molecule has 0 bridgehead atoms. The van der Waals surface area contributed by atoms with Gasteiger partial charge in [0.15, 0.2) is 0 Å². The third-order valence-electron chi connectivity index (χ3n) is 8.65. The van der Waals surface area contributed by atoms with Gasteiger partial charge in [0.2, 0.25) is 0 Å². The van der Waals surface area contributed by atoms with Gasteiger partial charge in [0.25, 0.3) is 10.1 Å².